The summed E-state index contributed by atoms with van der Waals surface area (Å²) >= 11 is 0. The maximum atomic E-state index is 13.0. The van der Waals surface area contributed by atoms with Crippen molar-refractivity contribution in [2.45, 2.75) is 49.5 Å². The van der Waals surface area contributed by atoms with E-state index in [1.807, 2.05) is 0 Å². The van der Waals surface area contributed by atoms with E-state index in [4.69, 9.17) is 0 Å². The van der Waals surface area contributed by atoms with Crippen LogP contribution in [0.25, 0.3) is 0 Å². The number of benzene rings is 1. The third-order valence-corrected chi connectivity index (χ3v) is 7.76. The number of rotatable bonds is 6. The molecule has 0 aromatic heterocycles. The number of piperidine rings is 1. The minimum atomic E-state index is -3.62. The minimum Gasteiger partial charge on any atom is -0.353 e. The van der Waals surface area contributed by atoms with Crippen LogP contribution in [-0.2, 0) is 14.8 Å². The van der Waals surface area contributed by atoms with Crippen LogP contribution in [0.5, 0.6) is 0 Å². The molecule has 0 unspecified atom stereocenters. The molecule has 1 aliphatic heterocycles. The minimum absolute atomic E-state index is 0.0904. The molecule has 7 heteroatoms. The van der Waals surface area contributed by atoms with Gasteiger partial charge in [-0.15, -0.1) is 0 Å². The average Bonchev–Trinajstić information content (AvgIpc) is 3.54. The smallest absolute Gasteiger partial charge is 0.243 e. The highest BCUT2D eigenvalue weighted by Gasteiger charge is 2.43. The van der Waals surface area contributed by atoms with Crippen LogP contribution in [0.4, 0.5) is 4.39 Å². The normalized spacial score (nSPS) is 22.5. The number of nitrogens with zero attached hydrogens (tertiary/aromatic N) is 1. The molecule has 1 saturated heterocycles. The second kappa shape index (κ2) is 6.93. The van der Waals surface area contributed by atoms with Gasteiger partial charge in [-0.2, -0.15) is 4.31 Å². The first kappa shape index (κ1) is 17.9. The standard InChI is InChI=1S/C19H25FN2O3S/c20-16-5-7-17(8-6-16)26(24,25)22-11-9-15(10-12-22)19(23)21-18(13-1-2-13)14-3-4-14/h5-8,13-15,18H,1-4,9-12H2,(H,21,23). The van der Waals surface area contributed by atoms with Gasteiger partial charge >= 0.3 is 0 Å². The van der Waals surface area contributed by atoms with Gasteiger partial charge in [-0.3, -0.25) is 4.79 Å². The number of hydrogen-bond acceptors (Lipinski definition) is 3. The molecule has 0 bridgehead atoms. The van der Waals surface area contributed by atoms with Crippen LogP contribution >= 0.6 is 0 Å². The van der Waals surface area contributed by atoms with Crippen molar-refractivity contribution in [1.29, 1.82) is 0 Å². The Balaban J connectivity index is 1.34. The summed E-state index contributed by atoms with van der Waals surface area (Å²) in [5, 5.41) is 3.25. The summed E-state index contributed by atoms with van der Waals surface area (Å²) in [6, 6.07) is 5.23. The Kier molecular flexibility index (Phi) is 4.77. The summed E-state index contributed by atoms with van der Waals surface area (Å²) in [6.45, 7) is 0.657. The fourth-order valence-electron chi connectivity index (χ4n) is 3.93. The zero-order valence-corrected chi connectivity index (χ0v) is 15.6. The molecule has 5 nitrogen and oxygen atoms in total. The molecule has 1 aromatic rings. The van der Waals surface area contributed by atoms with Gasteiger partial charge in [0.05, 0.1) is 4.90 Å². The fourth-order valence-corrected chi connectivity index (χ4v) is 5.40. The third-order valence-electron chi connectivity index (χ3n) is 5.84. The summed E-state index contributed by atoms with van der Waals surface area (Å²) in [4.78, 5) is 12.7. The van der Waals surface area contributed by atoms with E-state index >= 15 is 0 Å². The van der Waals surface area contributed by atoms with Gasteiger partial charge in [-0.05, 0) is 74.6 Å². The largest absolute Gasteiger partial charge is 0.353 e. The first-order chi connectivity index (χ1) is 12.4. The van der Waals surface area contributed by atoms with Gasteiger partial charge in [0.2, 0.25) is 15.9 Å². The van der Waals surface area contributed by atoms with Crippen molar-refractivity contribution in [3.63, 3.8) is 0 Å². The average molecular weight is 380 g/mol. The van der Waals surface area contributed by atoms with E-state index in [1.54, 1.807) is 0 Å². The Morgan fingerprint density at radius 2 is 1.54 bits per heavy atom. The van der Waals surface area contributed by atoms with Crippen LogP contribution in [0, 0.1) is 23.6 Å². The van der Waals surface area contributed by atoms with Gasteiger partial charge in [0.15, 0.2) is 0 Å². The van der Waals surface area contributed by atoms with Crippen molar-refractivity contribution >= 4 is 15.9 Å². The highest BCUT2D eigenvalue weighted by Crippen LogP contribution is 2.44. The molecule has 1 heterocycles. The lowest BCUT2D eigenvalue weighted by atomic mass is 9.96. The fraction of sp³-hybridized carbons (Fsp3) is 0.632. The van der Waals surface area contributed by atoms with Crippen molar-refractivity contribution in [3.05, 3.63) is 30.1 Å². The zero-order chi connectivity index (χ0) is 18.3. The maximum Gasteiger partial charge on any atom is 0.243 e. The third kappa shape index (κ3) is 3.78. The van der Waals surface area contributed by atoms with Crippen LogP contribution < -0.4 is 5.32 Å². The Bertz CT molecular complexity index is 752. The predicted molar refractivity (Wildman–Crippen MR) is 95.3 cm³/mol. The lowest BCUT2D eigenvalue weighted by molar-refractivity contribution is -0.127. The zero-order valence-electron chi connectivity index (χ0n) is 14.7. The van der Waals surface area contributed by atoms with Gasteiger partial charge in [0.1, 0.15) is 5.82 Å². The van der Waals surface area contributed by atoms with E-state index < -0.39 is 15.8 Å². The lowest BCUT2D eigenvalue weighted by Crippen LogP contribution is -2.46. The number of carbonyl (C=O) groups excluding carboxylic acids is 1. The molecular weight excluding hydrogens is 355 g/mol. The molecule has 142 valence electrons. The van der Waals surface area contributed by atoms with Crippen LogP contribution in [0.1, 0.15) is 38.5 Å². The summed E-state index contributed by atoms with van der Waals surface area (Å²) in [6.07, 6.45) is 5.94. The second-order valence-corrected chi connectivity index (χ2v) is 9.78. The van der Waals surface area contributed by atoms with E-state index in [-0.39, 0.29) is 16.7 Å². The Morgan fingerprint density at radius 1 is 1.00 bits per heavy atom. The molecular formula is C19H25FN2O3S. The van der Waals surface area contributed by atoms with Crippen LogP contribution in [0.3, 0.4) is 0 Å². The SMILES string of the molecule is O=C(NC(C1CC1)C1CC1)C1CCN(S(=O)(=O)c2ccc(F)cc2)CC1. The quantitative estimate of drug-likeness (QED) is 0.825. The Morgan fingerprint density at radius 3 is 2.04 bits per heavy atom. The number of sulfonamides is 1. The molecule has 3 aliphatic rings. The van der Waals surface area contributed by atoms with Crippen molar-refractivity contribution in [2.24, 2.45) is 17.8 Å². The molecule has 2 saturated carbocycles. The molecule has 0 atom stereocenters. The number of nitrogens with one attached hydrogen (secondary N) is 1. The van der Waals surface area contributed by atoms with Gasteiger partial charge in [-0.1, -0.05) is 0 Å². The molecule has 2 aliphatic carbocycles. The molecule has 1 amide bonds. The van der Waals surface area contributed by atoms with Crippen LogP contribution in [0.15, 0.2) is 29.2 Å². The topological polar surface area (TPSA) is 66.5 Å². The number of halogens is 1. The first-order valence-corrected chi connectivity index (χ1v) is 11.0. The Hall–Kier alpha value is -1.47. The number of amides is 1. The van der Waals surface area contributed by atoms with Gasteiger partial charge in [0.25, 0.3) is 0 Å². The van der Waals surface area contributed by atoms with Crippen molar-refractivity contribution < 1.29 is 17.6 Å². The number of hydrogen-bond donors (Lipinski definition) is 1. The van der Waals surface area contributed by atoms with Gasteiger partial charge in [0, 0.05) is 25.0 Å². The monoisotopic (exact) mass is 380 g/mol. The van der Waals surface area contributed by atoms with Crippen molar-refractivity contribution in [3.8, 4) is 0 Å². The first-order valence-electron chi connectivity index (χ1n) is 9.51. The van der Waals surface area contributed by atoms with E-state index in [1.165, 1.54) is 42.1 Å². The summed E-state index contributed by atoms with van der Waals surface area (Å²) in [5.74, 6) is 0.832. The summed E-state index contributed by atoms with van der Waals surface area (Å²) in [7, 11) is -3.62. The molecule has 1 aromatic carbocycles. The summed E-state index contributed by atoms with van der Waals surface area (Å²) in [5.41, 5.74) is 0. The van der Waals surface area contributed by atoms with Crippen molar-refractivity contribution in [1.82, 2.24) is 9.62 Å². The van der Waals surface area contributed by atoms with Crippen LogP contribution in [-0.4, -0.2) is 37.8 Å². The molecule has 4 rings (SSSR count). The molecule has 1 N–H and O–H groups in total. The van der Waals surface area contributed by atoms with Crippen molar-refractivity contribution in [2.75, 3.05) is 13.1 Å². The molecule has 26 heavy (non-hydrogen) atoms. The van der Waals surface area contributed by atoms with Gasteiger partial charge < -0.3 is 5.32 Å². The summed E-state index contributed by atoms with van der Waals surface area (Å²) < 4.78 is 39.7. The maximum absolute atomic E-state index is 13.0. The lowest BCUT2D eigenvalue weighted by Gasteiger charge is -2.31. The molecule has 0 spiro atoms. The van der Waals surface area contributed by atoms with E-state index in [9.17, 15) is 17.6 Å². The van der Waals surface area contributed by atoms with E-state index in [0.29, 0.717) is 43.8 Å². The highest BCUT2D eigenvalue weighted by molar-refractivity contribution is 7.89. The molecule has 0 radical (unpaired) electrons. The highest BCUT2D eigenvalue weighted by atomic mass is 32.2. The predicted octanol–water partition coefficient (Wildman–Crippen LogP) is 2.53. The van der Waals surface area contributed by atoms with E-state index in [0.717, 1.165) is 12.1 Å². The van der Waals surface area contributed by atoms with Gasteiger partial charge in [-0.25, -0.2) is 12.8 Å². The second-order valence-electron chi connectivity index (χ2n) is 7.84. The Labute approximate surface area is 154 Å². The number of carbonyl (C=O) groups is 1. The van der Waals surface area contributed by atoms with Crippen LogP contribution in [0.2, 0.25) is 0 Å². The van der Waals surface area contributed by atoms with E-state index in [2.05, 4.69) is 5.32 Å². The molecule has 3 fully saturated rings.